The first-order valence-corrected chi connectivity index (χ1v) is 8.15. The third-order valence-electron chi connectivity index (χ3n) is 4.51. The van der Waals surface area contributed by atoms with Gasteiger partial charge in [0, 0.05) is 18.9 Å². The maximum Gasteiger partial charge on any atom is 0.249 e. The zero-order chi connectivity index (χ0) is 16.6. The van der Waals surface area contributed by atoms with Crippen molar-refractivity contribution < 1.29 is 9.32 Å². The van der Waals surface area contributed by atoms with Crippen molar-refractivity contribution in [2.24, 2.45) is 0 Å². The second kappa shape index (κ2) is 6.14. The molecule has 0 aliphatic carbocycles. The lowest BCUT2D eigenvalue weighted by Crippen LogP contribution is -2.27. The second-order valence-corrected chi connectivity index (χ2v) is 6.64. The average Bonchev–Trinajstić information content (AvgIpc) is 3.11. The van der Waals surface area contributed by atoms with E-state index in [0.29, 0.717) is 24.7 Å². The molecule has 5 nitrogen and oxygen atoms in total. The van der Waals surface area contributed by atoms with Gasteiger partial charge in [0.05, 0.1) is 0 Å². The Balaban J connectivity index is 1.83. The molecule has 1 aromatic carbocycles. The number of nitrogens with zero attached hydrogens (tertiary/aromatic N) is 3. The monoisotopic (exact) mass is 313 g/mol. The van der Waals surface area contributed by atoms with E-state index in [1.54, 1.807) is 0 Å². The van der Waals surface area contributed by atoms with E-state index in [4.69, 9.17) is 4.52 Å². The van der Waals surface area contributed by atoms with Gasteiger partial charge in [-0.25, -0.2) is 0 Å². The molecule has 122 valence electrons. The number of hydrogen-bond acceptors (Lipinski definition) is 4. The summed E-state index contributed by atoms with van der Waals surface area (Å²) in [6, 6.07) is 6.22. The Labute approximate surface area is 136 Å². The first kappa shape index (κ1) is 15.7. The van der Waals surface area contributed by atoms with Crippen molar-refractivity contribution in [2.75, 3.05) is 0 Å². The number of hydrogen-bond donors (Lipinski definition) is 0. The molecule has 1 aromatic heterocycles. The van der Waals surface area contributed by atoms with Gasteiger partial charge in [0.15, 0.2) is 5.82 Å². The molecule has 0 spiro atoms. The van der Waals surface area contributed by atoms with Crippen LogP contribution in [0.5, 0.6) is 0 Å². The third kappa shape index (κ3) is 3.14. The number of aryl methyl sites for hydroxylation is 2. The summed E-state index contributed by atoms with van der Waals surface area (Å²) in [5.41, 5.74) is 3.64. The fraction of sp³-hybridized carbons (Fsp3) is 0.500. The van der Waals surface area contributed by atoms with E-state index in [1.165, 1.54) is 11.1 Å². The van der Waals surface area contributed by atoms with Crippen molar-refractivity contribution in [3.05, 3.63) is 46.6 Å². The minimum Gasteiger partial charge on any atom is -0.337 e. The normalized spacial score (nSPS) is 18.2. The standard InChI is InChI=1S/C18H23N3O2/c1-11(2)17-19-18(23-20-17)15-7-8-16(22)21(15)10-14-6-5-12(3)13(4)9-14/h5-6,9,11,15H,7-8,10H2,1-4H3. The summed E-state index contributed by atoms with van der Waals surface area (Å²) in [5.74, 6) is 1.63. The molecule has 1 atom stereocenters. The van der Waals surface area contributed by atoms with Crippen molar-refractivity contribution >= 4 is 5.91 Å². The highest BCUT2D eigenvalue weighted by molar-refractivity contribution is 5.78. The van der Waals surface area contributed by atoms with Crippen LogP contribution in [0.25, 0.3) is 0 Å². The van der Waals surface area contributed by atoms with Crippen molar-refractivity contribution in [2.45, 2.75) is 59.0 Å². The molecule has 1 saturated heterocycles. The first-order chi connectivity index (χ1) is 11.0. The SMILES string of the molecule is Cc1ccc(CN2C(=O)CCC2c2nc(C(C)C)no2)cc1C. The summed E-state index contributed by atoms with van der Waals surface area (Å²) >= 11 is 0. The second-order valence-electron chi connectivity index (χ2n) is 6.64. The van der Waals surface area contributed by atoms with Gasteiger partial charge in [0.2, 0.25) is 11.8 Å². The molecule has 1 aliphatic heterocycles. The number of carbonyl (C=O) groups excluding carboxylic acids is 1. The Morgan fingerprint density at radius 2 is 2.09 bits per heavy atom. The maximum atomic E-state index is 12.3. The van der Waals surface area contributed by atoms with Crippen molar-refractivity contribution in [1.82, 2.24) is 15.0 Å². The minimum absolute atomic E-state index is 0.107. The Hall–Kier alpha value is -2.17. The van der Waals surface area contributed by atoms with E-state index in [1.807, 2.05) is 18.7 Å². The third-order valence-corrected chi connectivity index (χ3v) is 4.51. The van der Waals surface area contributed by atoms with Crippen LogP contribution in [0.15, 0.2) is 22.7 Å². The topological polar surface area (TPSA) is 59.2 Å². The lowest BCUT2D eigenvalue weighted by atomic mass is 10.1. The smallest absolute Gasteiger partial charge is 0.249 e. The van der Waals surface area contributed by atoms with E-state index < -0.39 is 0 Å². The van der Waals surface area contributed by atoms with Gasteiger partial charge < -0.3 is 9.42 Å². The lowest BCUT2D eigenvalue weighted by Gasteiger charge is -2.22. The highest BCUT2D eigenvalue weighted by atomic mass is 16.5. The van der Waals surface area contributed by atoms with Gasteiger partial charge in [-0.3, -0.25) is 4.79 Å². The number of benzene rings is 1. The summed E-state index contributed by atoms with van der Waals surface area (Å²) in [5, 5.41) is 4.03. The Bertz CT molecular complexity index is 721. The van der Waals surface area contributed by atoms with Crippen LogP contribution in [0.2, 0.25) is 0 Å². The summed E-state index contributed by atoms with van der Waals surface area (Å²) < 4.78 is 5.41. The summed E-state index contributed by atoms with van der Waals surface area (Å²) in [4.78, 5) is 18.6. The summed E-state index contributed by atoms with van der Waals surface area (Å²) in [6.45, 7) is 8.83. The van der Waals surface area contributed by atoms with Crippen LogP contribution < -0.4 is 0 Å². The van der Waals surface area contributed by atoms with Crippen LogP contribution in [0.1, 0.15) is 67.1 Å². The largest absolute Gasteiger partial charge is 0.337 e. The predicted octanol–water partition coefficient (Wildman–Crippen LogP) is 3.67. The molecular weight excluding hydrogens is 290 g/mol. The quantitative estimate of drug-likeness (QED) is 0.864. The van der Waals surface area contributed by atoms with E-state index in [0.717, 1.165) is 12.0 Å². The number of rotatable bonds is 4. The Kier molecular flexibility index (Phi) is 4.20. The van der Waals surface area contributed by atoms with Crippen LogP contribution in [-0.4, -0.2) is 20.9 Å². The van der Waals surface area contributed by atoms with Gasteiger partial charge in [0.25, 0.3) is 0 Å². The van der Waals surface area contributed by atoms with Crippen molar-refractivity contribution in [3.63, 3.8) is 0 Å². The number of aromatic nitrogens is 2. The molecule has 1 aliphatic rings. The zero-order valence-electron chi connectivity index (χ0n) is 14.2. The fourth-order valence-corrected chi connectivity index (χ4v) is 2.90. The molecule has 1 unspecified atom stereocenters. The highest BCUT2D eigenvalue weighted by Gasteiger charge is 2.36. The van der Waals surface area contributed by atoms with Crippen LogP contribution in [0, 0.1) is 13.8 Å². The van der Waals surface area contributed by atoms with Gasteiger partial charge >= 0.3 is 0 Å². The lowest BCUT2D eigenvalue weighted by molar-refractivity contribution is -0.129. The van der Waals surface area contributed by atoms with E-state index in [-0.39, 0.29) is 17.9 Å². The van der Waals surface area contributed by atoms with Gasteiger partial charge in [-0.15, -0.1) is 0 Å². The van der Waals surface area contributed by atoms with Crippen LogP contribution in [-0.2, 0) is 11.3 Å². The maximum absolute atomic E-state index is 12.3. The molecule has 0 radical (unpaired) electrons. The summed E-state index contributed by atoms with van der Waals surface area (Å²) in [7, 11) is 0. The minimum atomic E-state index is -0.107. The van der Waals surface area contributed by atoms with Crippen LogP contribution >= 0.6 is 0 Å². The van der Waals surface area contributed by atoms with Gasteiger partial charge in [0.1, 0.15) is 6.04 Å². The molecule has 5 heteroatoms. The predicted molar refractivity (Wildman–Crippen MR) is 86.8 cm³/mol. The van der Waals surface area contributed by atoms with Gasteiger partial charge in [-0.2, -0.15) is 4.98 Å². The molecule has 3 rings (SSSR count). The Morgan fingerprint density at radius 3 is 2.74 bits per heavy atom. The van der Waals surface area contributed by atoms with Crippen LogP contribution in [0.3, 0.4) is 0 Å². The molecule has 23 heavy (non-hydrogen) atoms. The molecule has 1 amide bonds. The van der Waals surface area contributed by atoms with Crippen molar-refractivity contribution in [1.29, 1.82) is 0 Å². The first-order valence-electron chi connectivity index (χ1n) is 8.15. The molecule has 2 heterocycles. The molecule has 1 fully saturated rings. The summed E-state index contributed by atoms with van der Waals surface area (Å²) in [6.07, 6.45) is 1.28. The molecule has 0 saturated carbocycles. The van der Waals surface area contributed by atoms with Gasteiger partial charge in [-0.1, -0.05) is 37.2 Å². The molecule has 0 bridgehead atoms. The Morgan fingerprint density at radius 1 is 1.30 bits per heavy atom. The average molecular weight is 313 g/mol. The number of carbonyl (C=O) groups is 1. The molecule has 2 aromatic rings. The number of likely N-dealkylation sites (tertiary alicyclic amines) is 1. The van der Waals surface area contributed by atoms with E-state index >= 15 is 0 Å². The van der Waals surface area contributed by atoms with E-state index in [9.17, 15) is 4.79 Å². The fourth-order valence-electron chi connectivity index (χ4n) is 2.90. The van der Waals surface area contributed by atoms with Gasteiger partial charge in [-0.05, 0) is 37.0 Å². The van der Waals surface area contributed by atoms with E-state index in [2.05, 4.69) is 42.2 Å². The van der Waals surface area contributed by atoms with Crippen LogP contribution in [0.4, 0.5) is 0 Å². The van der Waals surface area contributed by atoms with Crippen molar-refractivity contribution in [3.8, 4) is 0 Å². The highest BCUT2D eigenvalue weighted by Crippen LogP contribution is 2.33. The zero-order valence-corrected chi connectivity index (χ0v) is 14.2. The number of amides is 1. The molecule has 0 N–H and O–H groups in total. The molecular formula is C18H23N3O2.